The van der Waals surface area contributed by atoms with Gasteiger partial charge in [-0.15, -0.1) is 0 Å². The first-order valence-corrected chi connectivity index (χ1v) is 4.52. The van der Waals surface area contributed by atoms with Crippen LogP contribution >= 0.6 is 0 Å². The van der Waals surface area contributed by atoms with Gasteiger partial charge in [0.1, 0.15) is 6.10 Å². The lowest BCUT2D eigenvalue weighted by molar-refractivity contribution is -0.141. The summed E-state index contributed by atoms with van der Waals surface area (Å²) in [6.07, 6.45) is -0.0625. The van der Waals surface area contributed by atoms with Crippen LogP contribution in [-0.4, -0.2) is 36.7 Å². The lowest BCUT2D eigenvalue weighted by Gasteiger charge is -2.11. The van der Waals surface area contributed by atoms with Gasteiger partial charge in [-0.05, 0) is 13.3 Å². The van der Waals surface area contributed by atoms with E-state index in [-0.39, 0.29) is 5.91 Å². The molecule has 0 rings (SSSR count). The number of hydrogen-bond donors (Lipinski definition) is 2. The molecule has 2 N–H and O–H groups in total. The molecule has 0 aromatic heterocycles. The average molecular weight is 203 g/mol. The van der Waals surface area contributed by atoms with E-state index in [1.807, 2.05) is 0 Å². The Hall–Kier alpha value is -1.10. The fraction of sp³-hybridized carbons (Fsp3) is 0.778. The highest BCUT2D eigenvalue weighted by molar-refractivity contribution is 5.80. The summed E-state index contributed by atoms with van der Waals surface area (Å²) in [7, 11) is 1.45. The van der Waals surface area contributed by atoms with Crippen LogP contribution in [0.2, 0.25) is 0 Å². The highest BCUT2D eigenvalue weighted by Crippen LogP contribution is 1.99. The monoisotopic (exact) mass is 203 g/mol. The molecule has 1 amide bonds. The van der Waals surface area contributed by atoms with Gasteiger partial charge in [0.2, 0.25) is 5.91 Å². The summed E-state index contributed by atoms with van der Waals surface area (Å²) < 4.78 is 4.79. The van der Waals surface area contributed by atoms with Crippen LogP contribution in [-0.2, 0) is 14.3 Å². The molecule has 0 aromatic carbocycles. The molecule has 2 unspecified atom stereocenters. The number of carbonyl (C=O) groups is 2. The van der Waals surface area contributed by atoms with Gasteiger partial charge in [-0.2, -0.15) is 0 Å². The Morgan fingerprint density at radius 1 is 1.43 bits per heavy atom. The molecule has 82 valence electrons. The first kappa shape index (κ1) is 12.9. The molecule has 0 aliphatic heterocycles. The first-order valence-electron chi connectivity index (χ1n) is 4.52. The summed E-state index contributed by atoms with van der Waals surface area (Å²) >= 11 is 0. The molecule has 0 radical (unpaired) electrons. The number of rotatable bonds is 6. The smallest absolute Gasteiger partial charge is 0.306 e. The molecule has 0 spiro atoms. The van der Waals surface area contributed by atoms with E-state index in [1.54, 1.807) is 13.8 Å². The zero-order chi connectivity index (χ0) is 11.1. The van der Waals surface area contributed by atoms with Gasteiger partial charge in [0.05, 0.1) is 5.92 Å². The quantitative estimate of drug-likeness (QED) is 0.648. The highest BCUT2D eigenvalue weighted by Gasteiger charge is 2.13. The molecule has 0 bridgehead atoms. The number of ether oxygens (including phenoxy) is 1. The van der Waals surface area contributed by atoms with Crippen LogP contribution in [0.15, 0.2) is 0 Å². The van der Waals surface area contributed by atoms with Crippen LogP contribution in [0.3, 0.4) is 0 Å². The summed E-state index contributed by atoms with van der Waals surface area (Å²) in [5.41, 5.74) is 0. The van der Waals surface area contributed by atoms with E-state index >= 15 is 0 Å². The molecule has 5 heteroatoms. The van der Waals surface area contributed by atoms with E-state index in [4.69, 9.17) is 9.84 Å². The third-order valence-corrected chi connectivity index (χ3v) is 2.02. The van der Waals surface area contributed by atoms with Crippen molar-refractivity contribution < 1.29 is 19.4 Å². The molecule has 0 heterocycles. The SMILES string of the molecule is COC(C)C(=O)NCCC(C)C(=O)O. The van der Waals surface area contributed by atoms with Crippen molar-refractivity contribution in [2.75, 3.05) is 13.7 Å². The number of methoxy groups -OCH3 is 1. The molecule has 14 heavy (non-hydrogen) atoms. The molecule has 0 fully saturated rings. The number of carbonyl (C=O) groups excluding carboxylic acids is 1. The van der Waals surface area contributed by atoms with Crippen LogP contribution in [0.5, 0.6) is 0 Å². The van der Waals surface area contributed by atoms with Crippen molar-refractivity contribution >= 4 is 11.9 Å². The standard InChI is InChI=1S/C9H17NO4/c1-6(9(12)13)4-5-10-8(11)7(2)14-3/h6-7H,4-5H2,1-3H3,(H,10,11)(H,12,13). The van der Waals surface area contributed by atoms with Crippen molar-refractivity contribution in [3.63, 3.8) is 0 Å². The normalized spacial score (nSPS) is 14.5. The zero-order valence-corrected chi connectivity index (χ0v) is 8.74. The van der Waals surface area contributed by atoms with E-state index in [2.05, 4.69) is 5.32 Å². The largest absolute Gasteiger partial charge is 0.481 e. The minimum absolute atomic E-state index is 0.218. The van der Waals surface area contributed by atoms with E-state index in [1.165, 1.54) is 7.11 Å². The Balaban J connectivity index is 3.64. The van der Waals surface area contributed by atoms with Crippen molar-refractivity contribution in [1.82, 2.24) is 5.32 Å². The molecule has 0 saturated carbocycles. The Kier molecular flexibility index (Phi) is 5.87. The predicted octanol–water partition coefficient (Wildman–Crippen LogP) is 0.248. The third kappa shape index (κ3) is 4.81. The molecule has 0 saturated heterocycles. The molecule has 0 aromatic rings. The van der Waals surface area contributed by atoms with Crippen molar-refractivity contribution in [1.29, 1.82) is 0 Å². The Bertz CT molecular complexity index is 205. The summed E-state index contributed by atoms with van der Waals surface area (Å²) in [4.78, 5) is 21.6. The lowest BCUT2D eigenvalue weighted by atomic mass is 10.1. The maximum absolute atomic E-state index is 11.1. The first-order chi connectivity index (χ1) is 6.49. The Morgan fingerprint density at radius 3 is 2.43 bits per heavy atom. The van der Waals surface area contributed by atoms with Gasteiger partial charge in [-0.25, -0.2) is 0 Å². The van der Waals surface area contributed by atoms with Crippen LogP contribution in [0.1, 0.15) is 20.3 Å². The number of nitrogens with one attached hydrogen (secondary N) is 1. The van der Waals surface area contributed by atoms with Gasteiger partial charge >= 0.3 is 5.97 Å². The molecule has 5 nitrogen and oxygen atoms in total. The minimum atomic E-state index is -0.848. The van der Waals surface area contributed by atoms with E-state index in [9.17, 15) is 9.59 Å². The summed E-state index contributed by atoms with van der Waals surface area (Å²) in [6, 6.07) is 0. The minimum Gasteiger partial charge on any atom is -0.481 e. The fourth-order valence-electron chi connectivity index (χ4n) is 0.786. The van der Waals surface area contributed by atoms with Crippen molar-refractivity contribution in [3.8, 4) is 0 Å². The third-order valence-electron chi connectivity index (χ3n) is 2.02. The summed E-state index contributed by atoms with van der Waals surface area (Å²) in [5, 5.41) is 11.2. The molecule has 2 atom stereocenters. The summed E-state index contributed by atoms with van der Waals surface area (Å²) in [5.74, 6) is -1.50. The second kappa shape index (κ2) is 6.37. The summed E-state index contributed by atoms with van der Waals surface area (Å²) in [6.45, 7) is 3.60. The van der Waals surface area contributed by atoms with Gasteiger partial charge in [0.15, 0.2) is 0 Å². The van der Waals surface area contributed by atoms with Crippen molar-refractivity contribution in [2.45, 2.75) is 26.4 Å². The Labute approximate surface area is 83.4 Å². The maximum Gasteiger partial charge on any atom is 0.306 e. The molecule has 0 aliphatic rings. The number of carboxylic acid groups (broad SMARTS) is 1. The van der Waals surface area contributed by atoms with E-state index in [0.29, 0.717) is 13.0 Å². The average Bonchev–Trinajstić information content (AvgIpc) is 2.15. The van der Waals surface area contributed by atoms with Gasteiger partial charge in [-0.3, -0.25) is 9.59 Å². The zero-order valence-electron chi connectivity index (χ0n) is 8.74. The van der Waals surface area contributed by atoms with Crippen LogP contribution in [0, 0.1) is 5.92 Å². The topological polar surface area (TPSA) is 75.6 Å². The number of aliphatic carboxylic acids is 1. The second-order valence-electron chi connectivity index (χ2n) is 3.20. The van der Waals surface area contributed by atoms with Crippen molar-refractivity contribution in [3.05, 3.63) is 0 Å². The van der Waals surface area contributed by atoms with E-state index < -0.39 is 18.0 Å². The predicted molar refractivity (Wildman–Crippen MR) is 50.9 cm³/mol. The van der Waals surface area contributed by atoms with Crippen LogP contribution in [0.25, 0.3) is 0 Å². The van der Waals surface area contributed by atoms with Gasteiger partial charge in [0.25, 0.3) is 0 Å². The van der Waals surface area contributed by atoms with Crippen LogP contribution < -0.4 is 5.32 Å². The van der Waals surface area contributed by atoms with E-state index in [0.717, 1.165) is 0 Å². The molecule has 0 aliphatic carbocycles. The lowest BCUT2D eigenvalue weighted by Crippen LogP contribution is -2.35. The highest BCUT2D eigenvalue weighted by atomic mass is 16.5. The van der Waals surface area contributed by atoms with Gasteiger partial charge in [-0.1, -0.05) is 6.92 Å². The fourth-order valence-corrected chi connectivity index (χ4v) is 0.786. The molecular formula is C9H17NO4. The molecular weight excluding hydrogens is 186 g/mol. The van der Waals surface area contributed by atoms with Gasteiger partial charge < -0.3 is 15.2 Å². The number of hydrogen-bond acceptors (Lipinski definition) is 3. The maximum atomic E-state index is 11.1. The van der Waals surface area contributed by atoms with Crippen LogP contribution in [0.4, 0.5) is 0 Å². The van der Waals surface area contributed by atoms with Crippen molar-refractivity contribution in [2.24, 2.45) is 5.92 Å². The Morgan fingerprint density at radius 2 is 2.00 bits per heavy atom. The van der Waals surface area contributed by atoms with Gasteiger partial charge in [0, 0.05) is 13.7 Å². The number of carboxylic acids is 1. The second-order valence-corrected chi connectivity index (χ2v) is 3.20. The number of amides is 1.